The molecular formula is C9H13N3O. The lowest BCUT2D eigenvalue weighted by Crippen LogP contribution is -2.35. The lowest BCUT2D eigenvalue weighted by molar-refractivity contribution is 0.0943. The van der Waals surface area contributed by atoms with Gasteiger partial charge in [-0.05, 0) is 19.8 Å². The van der Waals surface area contributed by atoms with Crippen molar-refractivity contribution in [1.82, 2.24) is 9.55 Å². The van der Waals surface area contributed by atoms with Crippen LogP contribution in [0.5, 0.6) is 0 Å². The molecule has 1 aliphatic carbocycles. The standard InChI is InChI=1S/C9H13N3O/c1-5-11-8-7(12(5)2)4-3-6(10)9(8)13/h6H,3-4,10H2,1-2H3. The normalized spacial score (nSPS) is 21.8. The molecule has 0 bridgehead atoms. The summed E-state index contributed by atoms with van der Waals surface area (Å²) in [4.78, 5) is 15.8. The number of imidazole rings is 1. The largest absolute Gasteiger partial charge is 0.335 e. The number of Topliss-reactive ketones (excluding diaryl/α,β-unsaturated/α-hetero) is 1. The molecule has 1 unspecified atom stereocenters. The molecule has 70 valence electrons. The van der Waals surface area contributed by atoms with Crippen LogP contribution in [0.3, 0.4) is 0 Å². The molecule has 0 aromatic carbocycles. The first-order chi connectivity index (χ1) is 6.11. The Morgan fingerprint density at radius 2 is 2.31 bits per heavy atom. The molecule has 0 aliphatic heterocycles. The Balaban J connectivity index is 2.56. The minimum atomic E-state index is -0.346. The van der Waals surface area contributed by atoms with Crippen molar-refractivity contribution in [3.8, 4) is 0 Å². The summed E-state index contributed by atoms with van der Waals surface area (Å²) in [6.45, 7) is 1.90. The Kier molecular flexibility index (Phi) is 1.73. The van der Waals surface area contributed by atoms with Crippen LogP contribution in [-0.2, 0) is 13.5 Å². The highest BCUT2D eigenvalue weighted by molar-refractivity contribution is 6.00. The molecule has 1 aromatic heterocycles. The molecule has 1 atom stereocenters. The Hall–Kier alpha value is -1.16. The molecule has 0 radical (unpaired) electrons. The van der Waals surface area contributed by atoms with E-state index in [2.05, 4.69) is 4.98 Å². The van der Waals surface area contributed by atoms with Gasteiger partial charge in [-0.2, -0.15) is 0 Å². The summed E-state index contributed by atoms with van der Waals surface area (Å²) < 4.78 is 1.97. The van der Waals surface area contributed by atoms with Crippen molar-refractivity contribution in [1.29, 1.82) is 0 Å². The number of aromatic nitrogens is 2. The highest BCUT2D eigenvalue weighted by Crippen LogP contribution is 2.20. The first-order valence-electron chi connectivity index (χ1n) is 4.43. The number of hydrogen-bond donors (Lipinski definition) is 1. The third-order valence-electron chi connectivity index (χ3n) is 2.70. The third-order valence-corrected chi connectivity index (χ3v) is 2.70. The van der Waals surface area contributed by atoms with Gasteiger partial charge in [0.15, 0.2) is 5.78 Å². The second-order valence-electron chi connectivity index (χ2n) is 3.52. The lowest BCUT2D eigenvalue weighted by atomic mass is 9.95. The Labute approximate surface area is 76.8 Å². The van der Waals surface area contributed by atoms with E-state index in [4.69, 9.17) is 5.73 Å². The Bertz CT molecular complexity index is 367. The number of fused-ring (bicyclic) bond motifs is 1. The van der Waals surface area contributed by atoms with Crippen LogP contribution >= 0.6 is 0 Å². The zero-order chi connectivity index (χ0) is 9.59. The van der Waals surface area contributed by atoms with Crippen molar-refractivity contribution < 1.29 is 4.79 Å². The van der Waals surface area contributed by atoms with Gasteiger partial charge >= 0.3 is 0 Å². The zero-order valence-electron chi connectivity index (χ0n) is 7.87. The van der Waals surface area contributed by atoms with E-state index in [1.807, 2.05) is 18.5 Å². The Morgan fingerprint density at radius 3 is 3.00 bits per heavy atom. The molecule has 4 heteroatoms. The molecule has 1 aromatic rings. The predicted octanol–water partition coefficient (Wildman–Crippen LogP) is 0.185. The molecule has 13 heavy (non-hydrogen) atoms. The monoisotopic (exact) mass is 179 g/mol. The molecule has 0 saturated carbocycles. The van der Waals surface area contributed by atoms with Crippen molar-refractivity contribution in [3.63, 3.8) is 0 Å². The van der Waals surface area contributed by atoms with Crippen molar-refractivity contribution >= 4 is 5.78 Å². The van der Waals surface area contributed by atoms with Gasteiger partial charge in [-0.3, -0.25) is 4.79 Å². The van der Waals surface area contributed by atoms with E-state index in [0.717, 1.165) is 24.4 Å². The first-order valence-corrected chi connectivity index (χ1v) is 4.43. The average Bonchev–Trinajstić information content (AvgIpc) is 2.38. The van der Waals surface area contributed by atoms with Crippen LogP contribution in [0.2, 0.25) is 0 Å². The summed E-state index contributed by atoms with van der Waals surface area (Å²) in [5.74, 6) is 0.873. The van der Waals surface area contributed by atoms with Gasteiger partial charge in [0, 0.05) is 12.7 Å². The summed E-state index contributed by atoms with van der Waals surface area (Å²) in [6, 6.07) is -0.346. The first kappa shape index (κ1) is 8.44. The molecule has 0 fully saturated rings. The summed E-state index contributed by atoms with van der Waals surface area (Å²) in [5.41, 5.74) is 7.27. The molecule has 4 nitrogen and oxygen atoms in total. The maximum atomic E-state index is 11.6. The highest BCUT2D eigenvalue weighted by Gasteiger charge is 2.28. The van der Waals surface area contributed by atoms with Gasteiger partial charge in [0.05, 0.1) is 6.04 Å². The van der Waals surface area contributed by atoms with E-state index >= 15 is 0 Å². The maximum Gasteiger partial charge on any atom is 0.199 e. The van der Waals surface area contributed by atoms with E-state index in [-0.39, 0.29) is 11.8 Å². The summed E-state index contributed by atoms with van der Waals surface area (Å²) in [5, 5.41) is 0. The maximum absolute atomic E-state index is 11.6. The fourth-order valence-electron chi connectivity index (χ4n) is 1.74. The van der Waals surface area contributed by atoms with Crippen LogP contribution in [0.1, 0.15) is 28.4 Å². The molecule has 0 spiro atoms. The number of nitrogens with zero attached hydrogens (tertiary/aromatic N) is 2. The van der Waals surface area contributed by atoms with E-state index in [1.54, 1.807) is 0 Å². The van der Waals surface area contributed by atoms with Crippen LogP contribution in [-0.4, -0.2) is 21.4 Å². The number of aryl methyl sites for hydroxylation is 1. The Morgan fingerprint density at radius 1 is 1.62 bits per heavy atom. The van der Waals surface area contributed by atoms with Gasteiger partial charge in [-0.1, -0.05) is 0 Å². The average molecular weight is 179 g/mol. The summed E-state index contributed by atoms with van der Waals surface area (Å²) in [7, 11) is 1.94. The van der Waals surface area contributed by atoms with Gasteiger partial charge in [0.2, 0.25) is 0 Å². The lowest BCUT2D eigenvalue weighted by Gasteiger charge is -2.16. The fourth-order valence-corrected chi connectivity index (χ4v) is 1.74. The second kappa shape index (κ2) is 2.67. The number of ketones is 1. The summed E-state index contributed by atoms with van der Waals surface area (Å²) in [6.07, 6.45) is 1.60. The SMILES string of the molecule is Cc1nc2c(n1C)CCC(N)C2=O. The molecule has 0 saturated heterocycles. The van der Waals surface area contributed by atoms with Crippen LogP contribution in [0.25, 0.3) is 0 Å². The van der Waals surface area contributed by atoms with Crippen LogP contribution in [0, 0.1) is 6.92 Å². The zero-order valence-corrected chi connectivity index (χ0v) is 7.87. The van der Waals surface area contributed by atoms with E-state index in [9.17, 15) is 4.79 Å². The summed E-state index contributed by atoms with van der Waals surface area (Å²) >= 11 is 0. The molecule has 0 amide bonds. The third kappa shape index (κ3) is 1.09. The van der Waals surface area contributed by atoms with Crippen molar-refractivity contribution in [2.45, 2.75) is 25.8 Å². The molecular weight excluding hydrogens is 166 g/mol. The highest BCUT2D eigenvalue weighted by atomic mass is 16.1. The number of carbonyl (C=O) groups excluding carboxylic acids is 1. The van der Waals surface area contributed by atoms with Crippen LogP contribution < -0.4 is 5.73 Å². The van der Waals surface area contributed by atoms with Gasteiger partial charge in [0.1, 0.15) is 11.5 Å². The van der Waals surface area contributed by atoms with E-state index in [0.29, 0.717) is 5.69 Å². The van der Waals surface area contributed by atoms with Gasteiger partial charge in [-0.25, -0.2) is 4.98 Å². The van der Waals surface area contributed by atoms with Crippen LogP contribution in [0.15, 0.2) is 0 Å². The fraction of sp³-hybridized carbons (Fsp3) is 0.556. The number of rotatable bonds is 0. The van der Waals surface area contributed by atoms with Gasteiger partial charge in [0.25, 0.3) is 0 Å². The van der Waals surface area contributed by atoms with E-state index < -0.39 is 0 Å². The minimum absolute atomic E-state index is 0.00931. The minimum Gasteiger partial charge on any atom is -0.335 e. The molecule has 1 aliphatic rings. The van der Waals surface area contributed by atoms with Crippen LogP contribution in [0.4, 0.5) is 0 Å². The molecule has 2 rings (SSSR count). The van der Waals surface area contributed by atoms with E-state index in [1.165, 1.54) is 0 Å². The molecule has 1 heterocycles. The number of hydrogen-bond acceptors (Lipinski definition) is 3. The van der Waals surface area contributed by atoms with Crippen molar-refractivity contribution in [2.75, 3.05) is 0 Å². The van der Waals surface area contributed by atoms with Crippen molar-refractivity contribution in [2.24, 2.45) is 12.8 Å². The van der Waals surface area contributed by atoms with Gasteiger partial charge < -0.3 is 10.3 Å². The smallest absolute Gasteiger partial charge is 0.199 e. The van der Waals surface area contributed by atoms with Gasteiger partial charge in [-0.15, -0.1) is 0 Å². The molecule has 2 N–H and O–H groups in total. The topological polar surface area (TPSA) is 60.9 Å². The van der Waals surface area contributed by atoms with Crippen molar-refractivity contribution in [3.05, 3.63) is 17.2 Å². The number of nitrogens with two attached hydrogens (primary N) is 1. The predicted molar refractivity (Wildman–Crippen MR) is 48.6 cm³/mol. The quantitative estimate of drug-likeness (QED) is 0.618. The second-order valence-corrected chi connectivity index (χ2v) is 3.52. The number of carbonyl (C=O) groups is 1.